The van der Waals surface area contributed by atoms with E-state index in [0.717, 1.165) is 18.9 Å². The fourth-order valence-corrected chi connectivity index (χ4v) is 1.93. The Balaban J connectivity index is 1.75. The van der Waals surface area contributed by atoms with Crippen molar-refractivity contribution >= 4 is 11.9 Å². The van der Waals surface area contributed by atoms with Gasteiger partial charge in [-0.1, -0.05) is 18.6 Å². The average molecular weight is 207 g/mol. The summed E-state index contributed by atoms with van der Waals surface area (Å²) in [5.74, 6) is 1.67. The molecule has 0 saturated heterocycles. The van der Waals surface area contributed by atoms with Crippen molar-refractivity contribution in [3.63, 3.8) is 0 Å². The summed E-state index contributed by atoms with van der Waals surface area (Å²) in [5.41, 5.74) is 6.96. The van der Waals surface area contributed by atoms with E-state index < -0.39 is 0 Å². The van der Waals surface area contributed by atoms with Crippen molar-refractivity contribution in [3.05, 3.63) is 11.6 Å². The summed E-state index contributed by atoms with van der Waals surface area (Å²) >= 11 is 0. The first-order chi connectivity index (χ1) is 7.25. The summed E-state index contributed by atoms with van der Waals surface area (Å²) < 4.78 is 0. The van der Waals surface area contributed by atoms with E-state index >= 15 is 0 Å². The minimum Gasteiger partial charge on any atom is -0.368 e. The van der Waals surface area contributed by atoms with Crippen LogP contribution in [0.15, 0.2) is 11.6 Å². The summed E-state index contributed by atoms with van der Waals surface area (Å²) in [6.07, 6.45) is 5.93. The lowest BCUT2D eigenvalue weighted by Gasteiger charge is -2.08. The molecule has 4 N–H and O–H groups in total. The third-order valence-electron chi connectivity index (χ3n) is 2.84. The molecule has 0 saturated carbocycles. The molecule has 5 heteroatoms. The molecule has 1 aliphatic rings. The van der Waals surface area contributed by atoms with Crippen molar-refractivity contribution in [1.29, 1.82) is 0 Å². The lowest BCUT2D eigenvalue weighted by atomic mass is 10.0. The zero-order chi connectivity index (χ0) is 10.7. The Morgan fingerprint density at radius 3 is 3.13 bits per heavy atom. The summed E-state index contributed by atoms with van der Waals surface area (Å²) in [5, 5.41) is 9.64. The predicted molar refractivity (Wildman–Crippen MR) is 60.4 cm³/mol. The van der Waals surface area contributed by atoms with Crippen molar-refractivity contribution in [3.8, 4) is 0 Å². The van der Waals surface area contributed by atoms with Gasteiger partial charge >= 0.3 is 0 Å². The lowest BCUT2D eigenvalue weighted by Crippen LogP contribution is -2.06. The Hall–Kier alpha value is -1.52. The molecule has 1 aromatic heterocycles. The van der Waals surface area contributed by atoms with Crippen LogP contribution < -0.4 is 11.1 Å². The molecule has 0 aromatic carbocycles. The van der Waals surface area contributed by atoms with Crippen LogP contribution in [0, 0.1) is 5.92 Å². The molecule has 2 rings (SSSR count). The molecule has 1 unspecified atom stereocenters. The van der Waals surface area contributed by atoms with Crippen LogP contribution in [-0.4, -0.2) is 21.7 Å². The van der Waals surface area contributed by atoms with E-state index in [9.17, 15) is 0 Å². The third-order valence-corrected chi connectivity index (χ3v) is 2.84. The number of aromatic amines is 1. The van der Waals surface area contributed by atoms with Gasteiger partial charge < -0.3 is 11.1 Å². The second-order valence-electron chi connectivity index (χ2n) is 3.98. The maximum Gasteiger partial charge on any atom is 0.243 e. The molecule has 82 valence electrons. The monoisotopic (exact) mass is 207 g/mol. The Morgan fingerprint density at radius 1 is 1.67 bits per heavy atom. The molecular weight excluding hydrogens is 190 g/mol. The van der Waals surface area contributed by atoms with E-state index in [0.29, 0.717) is 11.9 Å². The number of nitrogens with one attached hydrogen (secondary N) is 2. The highest BCUT2D eigenvalue weighted by Gasteiger charge is 2.13. The van der Waals surface area contributed by atoms with E-state index in [1.165, 1.54) is 12.8 Å². The number of nitrogens with two attached hydrogens (primary N) is 1. The van der Waals surface area contributed by atoms with Gasteiger partial charge in [0.05, 0.1) is 0 Å². The van der Waals surface area contributed by atoms with Gasteiger partial charge in [0.1, 0.15) is 0 Å². The number of hydrogen-bond donors (Lipinski definition) is 3. The highest BCUT2D eigenvalue weighted by Crippen LogP contribution is 2.27. The van der Waals surface area contributed by atoms with E-state index in [1.54, 1.807) is 5.57 Å². The highest BCUT2D eigenvalue weighted by atomic mass is 15.3. The van der Waals surface area contributed by atoms with E-state index in [2.05, 4.69) is 33.5 Å². The first-order valence-electron chi connectivity index (χ1n) is 5.36. The second kappa shape index (κ2) is 4.33. The molecule has 0 fully saturated rings. The van der Waals surface area contributed by atoms with Crippen LogP contribution in [0.1, 0.15) is 26.2 Å². The third kappa shape index (κ3) is 2.49. The van der Waals surface area contributed by atoms with Gasteiger partial charge in [-0.15, -0.1) is 5.10 Å². The van der Waals surface area contributed by atoms with Crippen LogP contribution >= 0.6 is 0 Å². The molecule has 0 amide bonds. The Bertz CT molecular complexity index is 354. The molecular formula is C10H17N5. The van der Waals surface area contributed by atoms with Crippen molar-refractivity contribution < 1.29 is 0 Å². The number of H-pyrrole nitrogens is 1. The number of rotatable bonds is 4. The van der Waals surface area contributed by atoms with E-state index in [4.69, 9.17) is 5.73 Å². The number of anilines is 2. The normalized spacial score (nSPS) is 20.3. The summed E-state index contributed by atoms with van der Waals surface area (Å²) in [4.78, 5) is 3.97. The fraction of sp³-hybridized carbons (Fsp3) is 0.600. The fourth-order valence-electron chi connectivity index (χ4n) is 1.93. The zero-order valence-electron chi connectivity index (χ0n) is 8.95. The number of aromatic nitrogens is 3. The lowest BCUT2D eigenvalue weighted by molar-refractivity contribution is 0.647. The van der Waals surface area contributed by atoms with Crippen LogP contribution in [0.2, 0.25) is 0 Å². The Labute approximate surface area is 89.2 Å². The van der Waals surface area contributed by atoms with Gasteiger partial charge in [-0.05, 0) is 25.2 Å². The van der Waals surface area contributed by atoms with Gasteiger partial charge in [-0.3, -0.25) is 0 Å². The molecule has 1 aliphatic carbocycles. The predicted octanol–water partition coefficient (Wildman–Crippen LogP) is 1.55. The van der Waals surface area contributed by atoms with Gasteiger partial charge in [0.25, 0.3) is 0 Å². The van der Waals surface area contributed by atoms with Crippen LogP contribution in [0.5, 0.6) is 0 Å². The second-order valence-corrected chi connectivity index (χ2v) is 3.98. The minimum absolute atomic E-state index is 0.353. The molecule has 1 aromatic rings. The maximum absolute atomic E-state index is 5.41. The van der Waals surface area contributed by atoms with Crippen molar-refractivity contribution in [2.24, 2.45) is 5.92 Å². The Kier molecular flexibility index (Phi) is 2.89. The van der Waals surface area contributed by atoms with E-state index in [-0.39, 0.29) is 0 Å². The van der Waals surface area contributed by atoms with Gasteiger partial charge in [0, 0.05) is 6.54 Å². The van der Waals surface area contributed by atoms with Gasteiger partial charge in [0.2, 0.25) is 11.9 Å². The number of nitrogen functional groups attached to an aromatic ring is 1. The molecule has 0 radical (unpaired) electrons. The first kappa shape index (κ1) is 10.0. The van der Waals surface area contributed by atoms with Crippen molar-refractivity contribution in [2.75, 3.05) is 17.6 Å². The molecule has 0 aliphatic heterocycles. The summed E-state index contributed by atoms with van der Waals surface area (Å²) in [7, 11) is 0. The molecule has 0 bridgehead atoms. The summed E-state index contributed by atoms with van der Waals surface area (Å²) in [6.45, 7) is 3.15. The molecule has 15 heavy (non-hydrogen) atoms. The number of nitrogens with zero attached hydrogens (tertiary/aromatic N) is 2. The van der Waals surface area contributed by atoms with Gasteiger partial charge in [-0.25, -0.2) is 5.10 Å². The average Bonchev–Trinajstić information content (AvgIpc) is 2.77. The quantitative estimate of drug-likeness (QED) is 0.654. The SMILES string of the molecule is CC1CCC=C1CCNc1n[nH]c(N)n1. The smallest absolute Gasteiger partial charge is 0.243 e. The van der Waals surface area contributed by atoms with E-state index in [1.807, 2.05) is 0 Å². The molecule has 1 heterocycles. The largest absolute Gasteiger partial charge is 0.368 e. The zero-order valence-corrected chi connectivity index (χ0v) is 8.95. The molecule has 5 nitrogen and oxygen atoms in total. The van der Waals surface area contributed by atoms with Crippen molar-refractivity contribution in [1.82, 2.24) is 15.2 Å². The first-order valence-corrected chi connectivity index (χ1v) is 5.36. The topological polar surface area (TPSA) is 79.6 Å². The van der Waals surface area contributed by atoms with Gasteiger partial charge in [-0.2, -0.15) is 4.98 Å². The highest BCUT2D eigenvalue weighted by molar-refractivity contribution is 5.30. The molecule has 0 spiro atoms. The number of allylic oxidation sites excluding steroid dienone is 1. The number of hydrogen-bond acceptors (Lipinski definition) is 4. The maximum atomic E-state index is 5.41. The summed E-state index contributed by atoms with van der Waals surface area (Å²) in [6, 6.07) is 0. The Morgan fingerprint density at radius 2 is 2.53 bits per heavy atom. The van der Waals surface area contributed by atoms with Gasteiger partial charge in [0.15, 0.2) is 0 Å². The van der Waals surface area contributed by atoms with Crippen LogP contribution in [-0.2, 0) is 0 Å². The van der Waals surface area contributed by atoms with Crippen LogP contribution in [0.4, 0.5) is 11.9 Å². The standard InChI is InChI=1S/C10H17N5/c1-7-3-2-4-8(7)5-6-12-10-13-9(11)14-15-10/h4,7H,2-3,5-6H2,1H3,(H4,11,12,13,14,15). The van der Waals surface area contributed by atoms with Crippen LogP contribution in [0.25, 0.3) is 0 Å². The molecule has 1 atom stereocenters. The minimum atomic E-state index is 0.353. The van der Waals surface area contributed by atoms with Crippen LogP contribution in [0.3, 0.4) is 0 Å². The van der Waals surface area contributed by atoms with Crippen molar-refractivity contribution in [2.45, 2.75) is 26.2 Å².